The molecule has 0 radical (unpaired) electrons. The molecule has 0 aromatic heterocycles. The molecule has 0 aliphatic rings. The Kier molecular flexibility index (Phi) is 6.16. The fourth-order valence-electron chi connectivity index (χ4n) is 1.12. The van der Waals surface area contributed by atoms with E-state index in [1.54, 1.807) is 0 Å². The van der Waals surface area contributed by atoms with Gasteiger partial charge in [0, 0.05) is 0 Å². The second-order valence-corrected chi connectivity index (χ2v) is 5.45. The molecule has 78 valence electrons. The maximum atomic E-state index is 2.23. The zero-order chi connectivity index (χ0) is 10.9. The van der Waals surface area contributed by atoms with Gasteiger partial charge in [0.1, 0.15) is 0 Å². The Labute approximate surface area is 105 Å². The second kappa shape index (κ2) is 7.51. The zero-order valence-electron chi connectivity index (χ0n) is 8.88. The topological polar surface area (TPSA) is 0 Å². The summed E-state index contributed by atoms with van der Waals surface area (Å²) >= 11 is 1.86. The fraction of sp³-hybridized carbons (Fsp3) is 0.143. The first-order valence-corrected chi connectivity index (χ1v) is 6.51. The Morgan fingerprint density at radius 3 is 1.33 bits per heavy atom. The van der Waals surface area contributed by atoms with Crippen molar-refractivity contribution in [3.05, 3.63) is 72.3 Å². The van der Waals surface area contributed by atoms with Crippen LogP contribution in [0.1, 0.15) is 16.5 Å². The van der Waals surface area contributed by atoms with Crippen molar-refractivity contribution in [2.45, 2.75) is 10.9 Å². The largest absolute Gasteiger partial charge is 0.0623 e. The zero-order valence-corrected chi connectivity index (χ0v) is 11.4. The van der Waals surface area contributed by atoms with Gasteiger partial charge in [-0.15, -0.1) is 0 Å². The van der Waals surface area contributed by atoms with Crippen molar-refractivity contribution in [3.63, 3.8) is 0 Å². The molecule has 15 heavy (non-hydrogen) atoms. The predicted molar refractivity (Wildman–Crippen MR) is 68.4 cm³/mol. The molecule has 1 atom stereocenters. The quantitative estimate of drug-likeness (QED) is 0.709. The maximum absolute atomic E-state index is 2.23. The van der Waals surface area contributed by atoms with Gasteiger partial charge in [-0.2, -0.15) is 0 Å². The van der Waals surface area contributed by atoms with Crippen LogP contribution in [0.3, 0.4) is 0 Å². The Hall–Kier alpha value is -0.770. The van der Waals surface area contributed by atoms with Gasteiger partial charge in [-0.05, 0) is 0 Å². The Bertz CT molecular complexity index is 314. The molecule has 0 N–H and O–H groups in total. The van der Waals surface area contributed by atoms with Crippen LogP contribution < -0.4 is 0 Å². The van der Waals surface area contributed by atoms with E-state index in [0.717, 1.165) is 0 Å². The summed E-state index contributed by atoms with van der Waals surface area (Å²) in [5.74, 6) is 0. The minimum atomic E-state index is 0.709. The summed E-state index contributed by atoms with van der Waals surface area (Å²) in [5, 5.41) is 0. The normalized spacial score (nSPS) is 11.1. The third-order valence-electron chi connectivity index (χ3n) is 1.95. The van der Waals surface area contributed by atoms with Crippen LogP contribution in [0.25, 0.3) is 0 Å². The smallest absolute Gasteiger partial charge is 0.0623 e. The summed E-state index contributed by atoms with van der Waals surface area (Å²) in [4.78, 5) is 0. The van der Waals surface area contributed by atoms with Gasteiger partial charge in [-0.3, -0.25) is 0 Å². The van der Waals surface area contributed by atoms with Crippen molar-refractivity contribution in [3.8, 4) is 0 Å². The predicted octanol–water partition coefficient (Wildman–Crippen LogP) is 3.34. The Morgan fingerprint density at radius 2 is 1.07 bits per heavy atom. The van der Waals surface area contributed by atoms with Crippen LogP contribution >= 0.6 is 0 Å². The summed E-state index contributed by atoms with van der Waals surface area (Å²) in [6, 6.07) is 22.6. The van der Waals surface area contributed by atoms with Crippen molar-refractivity contribution < 1.29 is 0 Å². The van der Waals surface area contributed by atoms with Gasteiger partial charge in [0.15, 0.2) is 0 Å². The molecule has 0 fully saturated rings. The molecule has 1 unspecified atom stereocenters. The minimum absolute atomic E-state index is 0.709. The van der Waals surface area contributed by atoms with E-state index in [0.29, 0.717) is 3.97 Å². The van der Waals surface area contributed by atoms with Gasteiger partial charge in [0.25, 0.3) is 0 Å². The average molecular weight is 312 g/mol. The third kappa shape index (κ3) is 5.62. The van der Waals surface area contributed by atoms with E-state index in [1.165, 1.54) is 5.56 Å². The molecule has 2 aromatic rings. The molecular formula is C14H16Te. The first kappa shape index (κ1) is 12.3. The first-order valence-electron chi connectivity index (χ1n) is 5.03. The second-order valence-electron chi connectivity index (χ2n) is 3.24. The van der Waals surface area contributed by atoms with Crippen LogP contribution in [0.5, 0.6) is 0 Å². The molecule has 0 aliphatic heterocycles. The van der Waals surface area contributed by atoms with Crippen LogP contribution in [-0.2, 0) is 0 Å². The van der Waals surface area contributed by atoms with Crippen LogP contribution in [0.4, 0.5) is 0 Å². The number of benzene rings is 2. The van der Waals surface area contributed by atoms with Crippen molar-refractivity contribution >= 4 is 22.3 Å². The van der Waals surface area contributed by atoms with Gasteiger partial charge < -0.3 is 0 Å². The molecule has 1 heteroatoms. The van der Waals surface area contributed by atoms with E-state index in [9.17, 15) is 0 Å². The fourth-order valence-corrected chi connectivity index (χ4v) is 1.61. The van der Waals surface area contributed by atoms with Gasteiger partial charge in [0.2, 0.25) is 0 Å². The van der Waals surface area contributed by atoms with Crippen molar-refractivity contribution in [1.82, 2.24) is 0 Å². The van der Waals surface area contributed by atoms with E-state index in [4.69, 9.17) is 0 Å². The number of hydrogen-bond donors (Lipinski definition) is 0. The summed E-state index contributed by atoms with van der Waals surface area (Å²) in [6.07, 6.45) is 0. The van der Waals surface area contributed by atoms with Crippen molar-refractivity contribution in [2.75, 3.05) is 0 Å². The van der Waals surface area contributed by atoms with E-state index in [2.05, 4.69) is 37.3 Å². The molecular weight excluding hydrogens is 296 g/mol. The van der Waals surface area contributed by atoms with Crippen LogP contribution in [-0.4, -0.2) is 22.3 Å². The van der Waals surface area contributed by atoms with Crippen molar-refractivity contribution in [1.29, 1.82) is 0 Å². The molecule has 0 spiro atoms. The monoisotopic (exact) mass is 314 g/mol. The van der Waals surface area contributed by atoms with Crippen LogP contribution in [0.2, 0.25) is 0 Å². The van der Waals surface area contributed by atoms with E-state index < -0.39 is 0 Å². The third-order valence-corrected chi connectivity index (χ3v) is 2.80. The maximum Gasteiger partial charge on any atom is -0.0623 e. The Morgan fingerprint density at radius 1 is 0.733 bits per heavy atom. The molecule has 0 amide bonds. The molecule has 0 nitrogen and oxygen atoms in total. The number of hydrogen-bond acceptors (Lipinski definition) is 0. The molecule has 2 rings (SSSR count). The molecule has 0 saturated heterocycles. The molecule has 0 aliphatic carbocycles. The van der Waals surface area contributed by atoms with Gasteiger partial charge in [0.05, 0.1) is 0 Å². The van der Waals surface area contributed by atoms with Crippen LogP contribution in [0, 0.1) is 0 Å². The first-order chi connectivity index (χ1) is 7.30. The Balaban J connectivity index is 0.000000162. The SMILES string of the molecule is CC([TeH])c1ccccc1.c1ccccc1. The van der Waals surface area contributed by atoms with Gasteiger partial charge in [-0.25, -0.2) is 0 Å². The van der Waals surface area contributed by atoms with E-state index in [-0.39, 0.29) is 0 Å². The van der Waals surface area contributed by atoms with E-state index >= 15 is 0 Å². The molecule has 0 heterocycles. The summed E-state index contributed by atoms with van der Waals surface area (Å²) in [7, 11) is 0. The van der Waals surface area contributed by atoms with E-state index in [1.807, 2.05) is 58.7 Å². The van der Waals surface area contributed by atoms with Crippen molar-refractivity contribution in [2.24, 2.45) is 0 Å². The molecule has 0 bridgehead atoms. The summed E-state index contributed by atoms with van der Waals surface area (Å²) in [5.41, 5.74) is 1.44. The molecule has 0 saturated carbocycles. The summed E-state index contributed by atoms with van der Waals surface area (Å²) in [6.45, 7) is 2.23. The average Bonchev–Trinajstić information content (AvgIpc) is 2.33. The summed E-state index contributed by atoms with van der Waals surface area (Å²) < 4.78 is 0.709. The standard InChI is InChI=1S/C8H10Te.C6H6/c1-7(9)8-5-3-2-4-6-8;1-2-4-6-5-3-1/h2-7,9H,1H3;1-6H. The van der Waals surface area contributed by atoms with Gasteiger partial charge >= 0.3 is 69.1 Å². The minimum Gasteiger partial charge on any atom is -0.0623 e. The van der Waals surface area contributed by atoms with Gasteiger partial charge in [-0.1, -0.05) is 36.4 Å². The number of rotatable bonds is 1. The molecule has 2 aromatic carbocycles. The van der Waals surface area contributed by atoms with Crippen LogP contribution in [0.15, 0.2) is 66.7 Å².